The molecule has 1 amide bonds. The van der Waals surface area contributed by atoms with E-state index in [9.17, 15) is 4.79 Å². The summed E-state index contributed by atoms with van der Waals surface area (Å²) in [5, 5.41) is 7.05. The highest BCUT2D eigenvalue weighted by Gasteiger charge is 2.24. The number of ether oxygens (including phenoxy) is 1. The van der Waals surface area contributed by atoms with Gasteiger partial charge in [-0.25, -0.2) is 0 Å². The van der Waals surface area contributed by atoms with Crippen LogP contribution in [0.15, 0.2) is 52.1 Å². The average Bonchev–Trinajstić information content (AvgIpc) is 3.33. The maximum absolute atomic E-state index is 12.2. The number of hydrogen-bond donors (Lipinski definition) is 2. The predicted molar refractivity (Wildman–Crippen MR) is 127 cm³/mol. The molecule has 0 spiro atoms. The zero-order valence-corrected chi connectivity index (χ0v) is 19.5. The first-order valence-electron chi connectivity index (χ1n) is 11.5. The van der Waals surface area contributed by atoms with Crippen molar-refractivity contribution in [3.05, 3.63) is 54.0 Å². The number of benzene rings is 1. The van der Waals surface area contributed by atoms with Gasteiger partial charge in [-0.1, -0.05) is 26.0 Å². The maximum Gasteiger partial charge on any atom is 0.225 e. The standard InChI is InChI=1S/C25H36N4O3/c1-19(2)24(30)29-16-12-21(13-17-29)28-25(27-15-11-23-5-4-18-32-23)26-14-10-20-6-8-22(31-3)9-7-20/h4-9,18-19,21H,10-17H2,1-3H3,(H2,26,27,28). The number of amides is 1. The minimum atomic E-state index is 0.0536. The molecule has 0 radical (unpaired) electrons. The van der Waals surface area contributed by atoms with Gasteiger partial charge in [0.15, 0.2) is 5.96 Å². The quantitative estimate of drug-likeness (QED) is 0.462. The summed E-state index contributed by atoms with van der Waals surface area (Å²) in [7, 11) is 1.68. The molecule has 7 heteroatoms. The first-order chi connectivity index (χ1) is 15.5. The number of rotatable bonds is 9. The van der Waals surface area contributed by atoms with E-state index in [1.807, 2.05) is 43.0 Å². The minimum absolute atomic E-state index is 0.0536. The maximum atomic E-state index is 12.2. The Balaban J connectivity index is 1.52. The lowest BCUT2D eigenvalue weighted by molar-refractivity contribution is -0.135. The number of furan rings is 1. The Morgan fingerprint density at radius 1 is 1.19 bits per heavy atom. The lowest BCUT2D eigenvalue weighted by Crippen LogP contribution is -2.50. The SMILES string of the molecule is COc1ccc(CCNC(=NCCc2ccco2)NC2CCN(C(=O)C(C)C)CC2)cc1. The fraction of sp³-hybridized carbons (Fsp3) is 0.520. The van der Waals surface area contributed by atoms with Crippen LogP contribution in [-0.4, -0.2) is 56.1 Å². The molecule has 1 aliphatic heterocycles. The number of aliphatic imine (C=N–C) groups is 1. The summed E-state index contributed by atoms with van der Waals surface area (Å²) in [5.74, 6) is 2.92. The third kappa shape index (κ3) is 7.32. The third-order valence-electron chi connectivity index (χ3n) is 5.71. The number of nitrogens with zero attached hydrogens (tertiary/aromatic N) is 2. The molecular formula is C25H36N4O3. The summed E-state index contributed by atoms with van der Waals surface area (Å²) in [5.41, 5.74) is 1.24. The van der Waals surface area contributed by atoms with Crippen molar-refractivity contribution >= 4 is 11.9 Å². The second-order valence-corrected chi connectivity index (χ2v) is 8.48. The van der Waals surface area contributed by atoms with Crippen molar-refractivity contribution in [1.29, 1.82) is 0 Å². The van der Waals surface area contributed by atoms with Crippen LogP contribution >= 0.6 is 0 Å². The number of likely N-dealkylation sites (tertiary alicyclic amines) is 1. The number of hydrogen-bond acceptors (Lipinski definition) is 4. The Kier molecular flexibility index (Phi) is 9.01. The van der Waals surface area contributed by atoms with Crippen LogP contribution in [0, 0.1) is 5.92 Å². The van der Waals surface area contributed by atoms with Gasteiger partial charge in [-0.3, -0.25) is 9.79 Å². The Morgan fingerprint density at radius 3 is 2.56 bits per heavy atom. The Hall–Kier alpha value is -2.96. The number of carbonyl (C=O) groups is 1. The highest BCUT2D eigenvalue weighted by Crippen LogP contribution is 2.14. The molecule has 1 aliphatic rings. The largest absolute Gasteiger partial charge is 0.497 e. The monoisotopic (exact) mass is 440 g/mol. The summed E-state index contributed by atoms with van der Waals surface area (Å²) < 4.78 is 10.6. The molecule has 32 heavy (non-hydrogen) atoms. The smallest absolute Gasteiger partial charge is 0.225 e. The van der Waals surface area contributed by atoms with Crippen molar-refractivity contribution in [1.82, 2.24) is 15.5 Å². The molecule has 1 fully saturated rings. The Labute approximate surface area is 191 Å². The number of methoxy groups -OCH3 is 1. The van der Waals surface area contributed by atoms with Crippen molar-refractivity contribution < 1.29 is 13.9 Å². The molecular weight excluding hydrogens is 404 g/mol. The molecule has 1 saturated heterocycles. The summed E-state index contributed by atoms with van der Waals surface area (Å²) in [6.45, 7) is 6.94. The van der Waals surface area contributed by atoms with Crippen molar-refractivity contribution in [2.75, 3.05) is 33.3 Å². The minimum Gasteiger partial charge on any atom is -0.497 e. The van der Waals surface area contributed by atoms with Gasteiger partial charge in [0.2, 0.25) is 5.91 Å². The van der Waals surface area contributed by atoms with E-state index in [0.29, 0.717) is 12.6 Å². The van der Waals surface area contributed by atoms with Gasteiger partial charge in [0.05, 0.1) is 13.4 Å². The summed E-state index contributed by atoms with van der Waals surface area (Å²) >= 11 is 0. The number of piperidine rings is 1. The molecule has 2 N–H and O–H groups in total. The third-order valence-corrected chi connectivity index (χ3v) is 5.71. The second kappa shape index (κ2) is 12.2. The lowest BCUT2D eigenvalue weighted by Gasteiger charge is -2.34. The molecule has 2 aromatic rings. The average molecular weight is 441 g/mol. The fourth-order valence-corrected chi connectivity index (χ4v) is 3.81. The molecule has 174 valence electrons. The lowest BCUT2D eigenvalue weighted by atomic mass is 10.0. The molecule has 7 nitrogen and oxygen atoms in total. The molecule has 0 bridgehead atoms. The highest BCUT2D eigenvalue weighted by atomic mass is 16.5. The Bertz CT molecular complexity index is 839. The molecule has 0 saturated carbocycles. The van der Waals surface area contributed by atoms with Gasteiger partial charge in [0.1, 0.15) is 11.5 Å². The van der Waals surface area contributed by atoms with Crippen molar-refractivity contribution in [3.8, 4) is 5.75 Å². The van der Waals surface area contributed by atoms with Crippen LogP contribution in [0.1, 0.15) is 38.0 Å². The first-order valence-corrected chi connectivity index (χ1v) is 11.5. The van der Waals surface area contributed by atoms with Crippen molar-refractivity contribution in [3.63, 3.8) is 0 Å². The van der Waals surface area contributed by atoms with Gasteiger partial charge in [0, 0.05) is 44.6 Å². The summed E-state index contributed by atoms with van der Waals surface area (Å²) in [6, 6.07) is 12.3. The van der Waals surface area contributed by atoms with Crippen molar-refractivity contribution in [2.24, 2.45) is 10.9 Å². The molecule has 3 rings (SSSR count). The molecule has 2 heterocycles. The van der Waals surface area contributed by atoms with E-state index >= 15 is 0 Å². The van der Waals surface area contributed by atoms with E-state index in [1.165, 1.54) is 5.56 Å². The fourth-order valence-electron chi connectivity index (χ4n) is 3.81. The number of guanidine groups is 1. The van der Waals surface area contributed by atoms with Crippen molar-refractivity contribution in [2.45, 2.75) is 45.6 Å². The van der Waals surface area contributed by atoms with Crippen LogP contribution in [-0.2, 0) is 17.6 Å². The van der Waals surface area contributed by atoms with Crippen LogP contribution in [0.25, 0.3) is 0 Å². The predicted octanol–water partition coefficient (Wildman–Crippen LogP) is 3.26. The molecule has 0 atom stereocenters. The van der Waals surface area contributed by atoms with Gasteiger partial charge in [0.25, 0.3) is 0 Å². The number of carbonyl (C=O) groups excluding carboxylic acids is 1. The van der Waals surface area contributed by atoms with Gasteiger partial charge in [-0.2, -0.15) is 0 Å². The zero-order chi connectivity index (χ0) is 22.8. The van der Waals surface area contributed by atoms with Gasteiger partial charge >= 0.3 is 0 Å². The molecule has 0 unspecified atom stereocenters. The van der Waals surface area contributed by atoms with Crippen LogP contribution < -0.4 is 15.4 Å². The molecule has 0 aliphatic carbocycles. The van der Waals surface area contributed by atoms with Crippen LogP contribution in [0.2, 0.25) is 0 Å². The molecule has 1 aromatic carbocycles. The molecule has 1 aromatic heterocycles. The van der Waals surface area contributed by atoms with E-state index in [4.69, 9.17) is 14.1 Å². The van der Waals surface area contributed by atoms with Crippen LogP contribution in [0.5, 0.6) is 5.75 Å². The van der Waals surface area contributed by atoms with E-state index in [1.54, 1.807) is 13.4 Å². The van der Waals surface area contributed by atoms with E-state index in [2.05, 4.69) is 22.8 Å². The van der Waals surface area contributed by atoms with E-state index in [0.717, 1.165) is 62.8 Å². The van der Waals surface area contributed by atoms with Gasteiger partial charge < -0.3 is 24.7 Å². The normalized spacial score (nSPS) is 15.1. The van der Waals surface area contributed by atoms with Gasteiger partial charge in [-0.15, -0.1) is 0 Å². The second-order valence-electron chi connectivity index (χ2n) is 8.48. The first kappa shape index (κ1) is 23.7. The van der Waals surface area contributed by atoms with E-state index in [-0.39, 0.29) is 11.8 Å². The Morgan fingerprint density at radius 2 is 1.94 bits per heavy atom. The van der Waals surface area contributed by atoms with Gasteiger partial charge in [-0.05, 0) is 49.1 Å². The summed E-state index contributed by atoms with van der Waals surface area (Å²) in [4.78, 5) is 19.0. The van der Waals surface area contributed by atoms with E-state index < -0.39 is 0 Å². The van der Waals surface area contributed by atoms with Crippen LogP contribution in [0.3, 0.4) is 0 Å². The topological polar surface area (TPSA) is 79.1 Å². The summed E-state index contributed by atoms with van der Waals surface area (Å²) in [6.07, 6.45) is 5.20. The highest BCUT2D eigenvalue weighted by molar-refractivity contribution is 5.80. The van der Waals surface area contributed by atoms with Crippen LogP contribution in [0.4, 0.5) is 0 Å². The zero-order valence-electron chi connectivity index (χ0n) is 19.5. The number of nitrogens with one attached hydrogen (secondary N) is 2.